The Morgan fingerprint density at radius 3 is 1.23 bits per heavy atom. The Bertz CT molecular complexity index is 1670. The first-order chi connectivity index (χ1) is 22.8. The van der Waals surface area contributed by atoms with Crippen molar-refractivity contribution in [2.75, 3.05) is 13.2 Å². The van der Waals surface area contributed by atoms with Gasteiger partial charge in [0.1, 0.15) is 11.5 Å². The lowest BCUT2D eigenvalue weighted by molar-refractivity contribution is -0.385. The van der Waals surface area contributed by atoms with Gasteiger partial charge in [-0.25, -0.2) is 0 Å². The summed E-state index contributed by atoms with van der Waals surface area (Å²) in [6, 6.07) is 25.9. The smallest absolute Gasteiger partial charge is 0.269 e. The van der Waals surface area contributed by atoms with Gasteiger partial charge in [-0.15, -0.1) is 0 Å². The van der Waals surface area contributed by atoms with Gasteiger partial charge in [0, 0.05) is 41.8 Å². The van der Waals surface area contributed by atoms with E-state index in [9.17, 15) is 29.8 Å². The molecule has 0 fully saturated rings. The summed E-state index contributed by atoms with van der Waals surface area (Å²) in [5.74, 6) is 0.918. The molecule has 0 aliphatic heterocycles. The van der Waals surface area contributed by atoms with Crippen molar-refractivity contribution in [3.8, 4) is 11.5 Å². The molecule has 0 saturated carbocycles. The first kappa shape index (κ1) is 33.5. The Morgan fingerprint density at radius 1 is 0.532 bits per heavy atom. The van der Waals surface area contributed by atoms with Crippen molar-refractivity contribution in [3.05, 3.63) is 176 Å². The fourth-order valence-corrected chi connectivity index (χ4v) is 4.10. The van der Waals surface area contributed by atoms with Gasteiger partial charge in [0.15, 0.2) is 11.6 Å². The molecule has 0 saturated heterocycles. The molecule has 10 heteroatoms. The van der Waals surface area contributed by atoms with Crippen molar-refractivity contribution in [2.24, 2.45) is 0 Å². The van der Waals surface area contributed by atoms with Crippen molar-refractivity contribution in [1.82, 2.24) is 0 Å². The minimum absolute atomic E-state index is 0.0201. The molecule has 0 radical (unpaired) electrons. The molecule has 10 nitrogen and oxygen atoms in total. The standard InChI is InChI=1S/C37H30N2O8/c40-36(8-3-1-6-28-10-18-32(19-11-28)38(42)43)30-14-22-34(23-15-30)46-26-5-27-47-35-24-16-31(17-25-35)37(41)9-4-2-7-29-12-20-33(21-13-29)39(44)45/h1-4,6-25H,5,26-27H2/b6-1+,7-2+,8-3+,9-4+. The third-order valence-electron chi connectivity index (χ3n) is 6.61. The van der Waals surface area contributed by atoms with Crippen LogP contribution in [0.4, 0.5) is 11.4 Å². The molecule has 4 aromatic carbocycles. The lowest BCUT2D eigenvalue weighted by Crippen LogP contribution is -2.05. The molecule has 0 amide bonds. The minimum Gasteiger partial charge on any atom is -0.493 e. The minimum atomic E-state index is -0.456. The van der Waals surface area contributed by atoms with Crippen molar-refractivity contribution in [2.45, 2.75) is 6.42 Å². The number of nitro groups is 2. The van der Waals surface area contributed by atoms with E-state index in [0.29, 0.717) is 42.3 Å². The number of carbonyl (C=O) groups is 2. The summed E-state index contributed by atoms with van der Waals surface area (Å²) in [5, 5.41) is 21.5. The summed E-state index contributed by atoms with van der Waals surface area (Å²) in [6.07, 6.45) is 13.6. The molecule has 0 unspecified atom stereocenters. The summed E-state index contributed by atoms with van der Waals surface area (Å²) in [5.41, 5.74) is 2.62. The largest absolute Gasteiger partial charge is 0.493 e. The molecular weight excluding hydrogens is 600 g/mol. The van der Waals surface area contributed by atoms with Gasteiger partial charge in [0.05, 0.1) is 23.1 Å². The van der Waals surface area contributed by atoms with E-state index in [0.717, 1.165) is 11.1 Å². The van der Waals surface area contributed by atoms with Crippen LogP contribution in [0.2, 0.25) is 0 Å². The highest BCUT2D eigenvalue weighted by Gasteiger charge is 2.05. The van der Waals surface area contributed by atoms with E-state index in [1.807, 2.05) is 0 Å². The average Bonchev–Trinajstić information content (AvgIpc) is 3.09. The fourth-order valence-electron chi connectivity index (χ4n) is 4.10. The van der Waals surface area contributed by atoms with Gasteiger partial charge in [0.2, 0.25) is 0 Å². The van der Waals surface area contributed by atoms with Gasteiger partial charge in [-0.1, -0.05) is 36.5 Å². The maximum absolute atomic E-state index is 12.4. The Hall–Kier alpha value is -6.42. The second kappa shape index (κ2) is 17.2. The molecule has 0 bridgehead atoms. The topological polar surface area (TPSA) is 139 Å². The molecule has 0 heterocycles. The zero-order valence-corrected chi connectivity index (χ0v) is 25.1. The van der Waals surface area contributed by atoms with Crippen molar-refractivity contribution in [1.29, 1.82) is 0 Å². The number of ketones is 2. The van der Waals surface area contributed by atoms with E-state index in [-0.39, 0.29) is 22.9 Å². The molecule has 0 atom stereocenters. The van der Waals surface area contributed by atoms with Crippen LogP contribution in [0.25, 0.3) is 12.2 Å². The summed E-state index contributed by atoms with van der Waals surface area (Å²) in [7, 11) is 0. The molecule has 47 heavy (non-hydrogen) atoms. The number of nitro benzene ring substituents is 2. The summed E-state index contributed by atoms with van der Waals surface area (Å²) >= 11 is 0. The van der Waals surface area contributed by atoms with E-state index in [1.54, 1.807) is 109 Å². The number of non-ortho nitro benzene ring substituents is 2. The summed E-state index contributed by atoms with van der Waals surface area (Å²) in [6.45, 7) is 0.824. The third kappa shape index (κ3) is 10.9. The van der Waals surface area contributed by atoms with E-state index < -0.39 is 9.85 Å². The zero-order chi connectivity index (χ0) is 33.4. The highest BCUT2D eigenvalue weighted by atomic mass is 16.6. The molecule has 236 valence electrons. The second-order valence-corrected chi connectivity index (χ2v) is 9.96. The summed E-state index contributed by atoms with van der Waals surface area (Å²) < 4.78 is 11.5. The van der Waals surface area contributed by atoms with Crippen LogP contribution in [0, 0.1) is 20.2 Å². The molecule has 4 aromatic rings. The SMILES string of the molecule is O=C(/C=C/C=C/c1ccc([N+](=O)[O-])cc1)c1ccc(OCCCOc2ccc(C(=O)/C=C/C=C/c3ccc([N+](=O)[O-])cc3)cc2)cc1. The molecule has 4 rings (SSSR count). The van der Waals surface area contributed by atoms with Crippen LogP contribution in [0.15, 0.2) is 134 Å². The number of hydrogen-bond acceptors (Lipinski definition) is 8. The van der Waals surface area contributed by atoms with Crippen LogP contribution in [-0.2, 0) is 0 Å². The van der Waals surface area contributed by atoms with Crippen molar-refractivity contribution < 1.29 is 28.9 Å². The summed E-state index contributed by atoms with van der Waals surface area (Å²) in [4.78, 5) is 45.4. The number of benzene rings is 4. The number of allylic oxidation sites excluding steroid dienone is 6. The van der Waals surface area contributed by atoms with Crippen LogP contribution in [0.3, 0.4) is 0 Å². The Kier molecular flexibility index (Phi) is 12.2. The van der Waals surface area contributed by atoms with Crippen LogP contribution in [0.5, 0.6) is 11.5 Å². The predicted molar refractivity (Wildman–Crippen MR) is 180 cm³/mol. The van der Waals surface area contributed by atoms with E-state index >= 15 is 0 Å². The first-order valence-corrected chi connectivity index (χ1v) is 14.5. The van der Waals surface area contributed by atoms with E-state index in [4.69, 9.17) is 9.47 Å². The molecule has 0 aromatic heterocycles. The number of rotatable bonds is 16. The molecule has 0 aliphatic rings. The quantitative estimate of drug-likeness (QED) is 0.0301. The van der Waals surface area contributed by atoms with Crippen LogP contribution in [0.1, 0.15) is 38.3 Å². The lowest BCUT2D eigenvalue weighted by Gasteiger charge is -2.08. The van der Waals surface area contributed by atoms with Crippen LogP contribution < -0.4 is 9.47 Å². The fraction of sp³-hybridized carbons (Fsp3) is 0.0811. The lowest BCUT2D eigenvalue weighted by atomic mass is 10.1. The van der Waals surface area contributed by atoms with Gasteiger partial charge >= 0.3 is 0 Å². The van der Waals surface area contributed by atoms with Gasteiger partial charge < -0.3 is 9.47 Å². The number of hydrogen-bond donors (Lipinski definition) is 0. The van der Waals surface area contributed by atoms with Gasteiger partial charge in [-0.2, -0.15) is 0 Å². The average molecular weight is 631 g/mol. The molecule has 0 aliphatic carbocycles. The van der Waals surface area contributed by atoms with Crippen molar-refractivity contribution in [3.63, 3.8) is 0 Å². The Balaban J connectivity index is 1.13. The molecular formula is C37H30N2O8. The second-order valence-electron chi connectivity index (χ2n) is 9.96. The van der Waals surface area contributed by atoms with E-state index in [1.165, 1.54) is 36.4 Å². The van der Waals surface area contributed by atoms with Gasteiger partial charge in [0.25, 0.3) is 11.4 Å². The highest BCUT2D eigenvalue weighted by Crippen LogP contribution is 2.17. The number of carbonyl (C=O) groups excluding carboxylic acids is 2. The highest BCUT2D eigenvalue weighted by molar-refractivity contribution is 6.05. The normalized spacial score (nSPS) is 11.4. The Morgan fingerprint density at radius 2 is 0.894 bits per heavy atom. The number of ether oxygens (including phenoxy) is 2. The van der Waals surface area contributed by atoms with Gasteiger partial charge in [-0.05, 0) is 96.1 Å². The first-order valence-electron chi connectivity index (χ1n) is 14.5. The van der Waals surface area contributed by atoms with Crippen LogP contribution >= 0.6 is 0 Å². The molecule has 0 spiro atoms. The monoisotopic (exact) mass is 630 g/mol. The predicted octanol–water partition coefficient (Wildman–Crippen LogP) is 8.26. The third-order valence-corrected chi connectivity index (χ3v) is 6.61. The van der Waals surface area contributed by atoms with Gasteiger partial charge in [-0.3, -0.25) is 29.8 Å². The molecule has 0 N–H and O–H groups in total. The van der Waals surface area contributed by atoms with Crippen LogP contribution in [-0.4, -0.2) is 34.6 Å². The maximum atomic E-state index is 12.4. The number of nitrogens with zero attached hydrogens (tertiary/aromatic N) is 2. The zero-order valence-electron chi connectivity index (χ0n) is 25.1. The Labute approximate surface area is 270 Å². The van der Waals surface area contributed by atoms with Crippen molar-refractivity contribution >= 4 is 35.1 Å². The van der Waals surface area contributed by atoms with E-state index in [2.05, 4.69) is 0 Å². The maximum Gasteiger partial charge on any atom is 0.269 e.